The summed E-state index contributed by atoms with van der Waals surface area (Å²) in [6.07, 6.45) is 1.36. The van der Waals surface area contributed by atoms with Crippen LogP contribution in [0.4, 0.5) is 0 Å². The first-order chi connectivity index (χ1) is 9.99. The summed E-state index contributed by atoms with van der Waals surface area (Å²) >= 11 is 9.05. The van der Waals surface area contributed by atoms with Gasteiger partial charge in [-0.3, -0.25) is 9.79 Å². The van der Waals surface area contributed by atoms with Gasteiger partial charge in [-0.15, -0.1) is 0 Å². The fourth-order valence-corrected chi connectivity index (χ4v) is 2.54. The normalized spacial score (nSPS) is 11.0. The van der Waals surface area contributed by atoms with E-state index in [0.29, 0.717) is 15.1 Å². The van der Waals surface area contributed by atoms with Crippen LogP contribution in [-0.4, -0.2) is 28.8 Å². The first kappa shape index (κ1) is 15.5. The lowest BCUT2D eigenvalue weighted by molar-refractivity contribution is 0.0999. The van der Waals surface area contributed by atoms with Crippen LogP contribution in [-0.2, 0) is 0 Å². The van der Waals surface area contributed by atoms with Crippen LogP contribution >= 0.6 is 27.5 Å². The van der Waals surface area contributed by atoms with Gasteiger partial charge in [-0.25, -0.2) is 0 Å². The summed E-state index contributed by atoms with van der Waals surface area (Å²) in [6, 6.07) is 9.36. The Kier molecular flexibility index (Phi) is 4.98. The van der Waals surface area contributed by atoms with E-state index in [1.165, 1.54) is 24.4 Å². The number of phenols is 2. The van der Waals surface area contributed by atoms with Crippen LogP contribution < -0.4 is 0 Å². The fraction of sp³-hybridized carbons (Fsp3) is 0.0667. The van der Waals surface area contributed by atoms with Gasteiger partial charge >= 0.3 is 0 Å². The predicted octanol–water partition coefficient (Wildman–Crippen LogP) is 3.82. The van der Waals surface area contributed by atoms with Crippen molar-refractivity contribution in [1.29, 1.82) is 0 Å². The molecule has 2 aromatic rings. The monoisotopic (exact) mass is 367 g/mol. The van der Waals surface area contributed by atoms with E-state index < -0.39 is 0 Å². The topological polar surface area (TPSA) is 69.9 Å². The third-order valence-corrected chi connectivity index (χ3v) is 3.55. The standard InChI is InChI=1S/C15H11BrClNO3/c16-12-6-10(17)5-9(15(12)21)7-18-8-14(20)11-3-1-2-4-13(11)19/h1-7,19,21H,8H2. The summed E-state index contributed by atoms with van der Waals surface area (Å²) in [6.45, 7) is -0.138. The number of hydrogen-bond acceptors (Lipinski definition) is 4. The second-order valence-electron chi connectivity index (χ2n) is 4.24. The van der Waals surface area contributed by atoms with E-state index in [4.69, 9.17) is 11.6 Å². The Morgan fingerprint density at radius 1 is 1.29 bits per heavy atom. The molecule has 0 fully saturated rings. The Bertz CT molecular complexity index is 716. The van der Waals surface area contributed by atoms with Crippen LogP contribution in [0.1, 0.15) is 15.9 Å². The van der Waals surface area contributed by atoms with Gasteiger partial charge in [-0.1, -0.05) is 23.7 Å². The van der Waals surface area contributed by atoms with Crippen molar-refractivity contribution in [3.05, 3.63) is 57.0 Å². The summed E-state index contributed by atoms with van der Waals surface area (Å²) < 4.78 is 0.448. The fourth-order valence-electron chi connectivity index (χ4n) is 1.71. The van der Waals surface area contributed by atoms with E-state index in [0.717, 1.165) is 0 Å². The van der Waals surface area contributed by atoms with Gasteiger partial charge in [0.1, 0.15) is 18.0 Å². The smallest absolute Gasteiger partial charge is 0.187 e. The van der Waals surface area contributed by atoms with Gasteiger partial charge in [-0.05, 0) is 40.2 Å². The average Bonchev–Trinajstić information content (AvgIpc) is 2.44. The summed E-state index contributed by atoms with van der Waals surface area (Å²) in [5.74, 6) is -0.394. The minimum Gasteiger partial charge on any atom is -0.507 e. The van der Waals surface area contributed by atoms with E-state index in [-0.39, 0.29) is 29.4 Å². The lowest BCUT2D eigenvalue weighted by atomic mass is 10.1. The van der Waals surface area contributed by atoms with Crippen LogP contribution in [0.5, 0.6) is 11.5 Å². The molecule has 0 aliphatic heterocycles. The second-order valence-corrected chi connectivity index (χ2v) is 5.53. The van der Waals surface area contributed by atoms with Crippen molar-refractivity contribution < 1.29 is 15.0 Å². The van der Waals surface area contributed by atoms with Crippen LogP contribution in [0.15, 0.2) is 45.9 Å². The number of benzene rings is 2. The number of aromatic hydroxyl groups is 2. The van der Waals surface area contributed by atoms with Crippen molar-refractivity contribution in [2.45, 2.75) is 0 Å². The predicted molar refractivity (Wildman–Crippen MR) is 85.7 cm³/mol. The number of aliphatic imine (C=N–C) groups is 1. The Morgan fingerprint density at radius 2 is 2.00 bits per heavy atom. The Balaban J connectivity index is 2.13. The van der Waals surface area contributed by atoms with Gasteiger partial charge in [0.25, 0.3) is 0 Å². The number of carbonyl (C=O) groups excluding carboxylic acids is 1. The van der Waals surface area contributed by atoms with E-state index in [2.05, 4.69) is 20.9 Å². The molecule has 2 aromatic carbocycles. The van der Waals surface area contributed by atoms with E-state index in [9.17, 15) is 15.0 Å². The number of para-hydroxylation sites is 1. The molecule has 0 bridgehead atoms. The minimum absolute atomic E-state index is 0.00171. The summed E-state index contributed by atoms with van der Waals surface area (Å²) in [5, 5.41) is 19.8. The molecule has 4 nitrogen and oxygen atoms in total. The molecule has 0 heterocycles. The molecule has 2 rings (SSSR count). The van der Waals surface area contributed by atoms with Crippen LogP contribution in [0.3, 0.4) is 0 Å². The molecule has 0 atom stereocenters. The highest BCUT2D eigenvalue weighted by Crippen LogP contribution is 2.30. The Hall–Kier alpha value is -1.85. The van der Waals surface area contributed by atoms with Gasteiger partial charge in [0, 0.05) is 16.8 Å². The van der Waals surface area contributed by atoms with Crippen molar-refractivity contribution in [1.82, 2.24) is 0 Å². The molecule has 2 N–H and O–H groups in total. The van der Waals surface area contributed by atoms with Gasteiger partial charge < -0.3 is 10.2 Å². The molecule has 0 saturated heterocycles. The van der Waals surface area contributed by atoms with E-state index in [1.54, 1.807) is 18.2 Å². The molecule has 108 valence electrons. The van der Waals surface area contributed by atoms with Gasteiger partial charge in [0.05, 0.1) is 10.0 Å². The molecule has 0 radical (unpaired) electrons. The maximum absolute atomic E-state index is 11.9. The summed E-state index contributed by atoms with van der Waals surface area (Å²) in [5.41, 5.74) is 0.616. The number of Topliss-reactive ketones (excluding diaryl/α,β-unsaturated/α-hetero) is 1. The number of hydrogen-bond donors (Lipinski definition) is 2. The molecule has 0 unspecified atom stereocenters. The SMILES string of the molecule is O=C(CN=Cc1cc(Cl)cc(Br)c1O)c1ccccc1O. The molecular formula is C15H11BrClNO3. The zero-order chi connectivity index (χ0) is 15.4. The first-order valence-electron chi connectivity index (χ1n) is 5.98. The molecule has 0 aromatic heterocycles. The number of ketones is 1. The van der Waals surface area contributed by atoms with Gasteiger partial charge in [0.2, 0.25) is 0 Å². The summed E-state index contributed by atoms with van der Waals surface area (Å²) in [4.78, 5) is 15.9. The third kappa shape index (κ3) is 3.83. The average molecular weight is 369 g/mol. The highest BCUT2D eigenvalue weighted by atomic mass is 79.9. The molecule has 0 aliphatic carbocycles. The van der Waals surface area contributed by atoms with Crippen molar-refractivity contribution in [2.24, 2.45) is 4.99 Å². The number of phenolic OH excluding ortho intramolecular Hbond substituents is 2. The van der Waals surface area contributed by atoms with Crippen molar-refractivity contribution in [3.8, 4) is 11.5 Å². The quantitative estimate of drug-likeness (QED) is 0.637. The molecule has 0 saturated carbocycles. The number of carbonyl (C=O) groups is 1. The van der Waals surface area contributed by atoms with Crippen LogP contribution in [0, 0.1) is 0 Å². The largest absolute Gasteiger partial charge is 0.507 e. The van der Waals surface area contributed by atoms with Crippen molar-refractivity contribution >= 4 is 39.5 Å². The molecule has 0 amide bonds. The lowest BCUT2D eigenvalue weighted by Crippen LogP contribution is -2.03. The van der Waals surface area contributed by atoms with Gasteiger partial charge in [0.15, 0.2) is 5.78 Å². The number of nitrogens with zero attached hydrogens (tertiary/aromatic N) is 1. The summed E-state index contributed by atoms with van der Waals surface area (Å²) in [7, 11) is 0. The molecular weight excluding hydrogens is 358 g/mol. The lowest BCUT2D eigenvalue weighted by Gasteiger charge is -2.03. The maximum Gasteiger partial charge on any atom is 0.187 e. The number of rotatable bonds is 4. The molecule has 0 aliphatic rings. The number of halogens is 2. The highest BCUT2D eigenvalue weighted by molar-refractivity contribution is 9.10. The second kappa shape index (κ2) is 6.74. The van der Waals surface area contributed by atoms with E-state index in [1.807, 2.05) is 0 Å². The van der Waals surface area contributed by atoms with Crippen molar-refractivity contribution in [3.63, 3.8) is 0 Å². The maximum atomic E-state index is 11.9. The zero-order valence-electron chi connectivity index (χ0n) is 10.8. The third-order valence-electron chi connectivity index (χ3n) is 2.73. The zero-order valence-corrected chi connectivity index (χ0v) is 13.1. The van der Waals surface area contributed by atoms with E-state index >= 15 is 0 Å². The van der Waals surface area contributed by atoms with Gasteiger partial charge in [-0.2, -0.15) is 0 Å². The first-order valence-corrected chi connectivity index (χ1v) is 7.15. The van der Waals surface area contributed by atoms with Crippen molar-refractivity contribution in [2.75, 3.05) is 6.54 Å². The minimum atomic E-state index is -0.315. The molecule has 0 spiro atoms. The molecule has 6 heteroatoms. The van der Waals surface area contributed by atoms with Crippen LogP contribution in [0.2, 0.25) is 5.02 Å². The Morgan fingerprint density at radius 3 is 2.71 bits per heavy atom. The van der Waals surface area contributed by atoms with Crippen LogP contribution in [0.25, 0.3) is 0 Å². The highest BCUT2D eigenvalue weighted by Gasteiger charge is 2.09. The Labute approximate surface area is 134 Å². The molecule has 21 heavy (non-hydrogen) atoms.